The van der Waals surface area contributed by atoms with E-state index in [1.54, 1.807) is 24.1 Å². The summed E-state index contributed by atoms with van der Waals surface area (Å²) >= 11 is 0. The molecule has 1 fully saturated rings. The number of hydrogen-bond acceptors (Lipinski definition) is 5. The first kappa shape index (κ1) is 16.0. The molecule has 2 atom stereocenters. The van der Waals surface area contributed by atoms with Crippen LogP contribution in [0.4, 0.5) is 5.82 Å². The van der Waals surface area contributed by atoms with Gasteiger partial charge in [-0.05, 0) is 33.6 Å². The van der Waals surface area contributed by atoms with Gasteiger partial charge in [-0.2, -0.15) is 0 Å². The Bertz CT molecular complexity index is 535. The highest BCUT2D eigenvalue weighted by Crippen LogP contribution is 2.23. The first-order valence-electron chi connectivity index (χ1n) is 7.46. The zero-order valence-electron chi connectivity index (χ0n) is 13.4. The second-order valence-corrected chi connectivity index (χ2v) is 6.56. The Balaban J connectivity index is 2.36. The lowest BCUT2D eigenvalue weighted by molar-refractivity contribution is 0.0707. The first-order valence-corrected chi connectivity index (χ1v) is 7.46. The largest absolute Gasteiger partial charge is 0.381 e. The van der Waals surface area contributed by atoms with Gasteiger partial charge in [0, 0.05) is 44.2 Å². The second kappa shape index (κ2) is 6.15. The fraction of sp³-hybridized carbons (Fsp3) is 0.733. The molecule has 6 nitrogen and oxygen atoms in total. The molecule has 0 saturated carbocycles. The molecule has 2 N–H and O–H groups in total. The third kappa shape index (κ3) is 3.27. The Morgan fingerprint density at radius 1 is 1.48 bits per heavy atom. The molecular weight excluding hydrogens is 268 g/mol. The van der Waals surface area contributed by atoms with E-state index >= 15 is 0 Å². The van der Waals surface area contributed by atoms with E-state index in [1.165, 1.54) is 0 Å². The van der Waals surface area contributed by atoms with Crippen molar-refractivity contribution in [3.05, 3.63) is 22.7 Å². The molecule has 0 bridgehead atoms. The van der Waals surface area contributed by atoms with Crippen LogP contribution in [0.2, 0.25) is 0 Å². The van der Waals surface area contributed by atoms with Crippen molar-refractivity contribution in [2.24, 2.45) is 5.73 Å². The number of rotatable bonds is 3. The Labute approximate surface area is 125 Å². The van der Waals surface area contributed by atoms with Gasteiger partial charge in [0.05, 0.1) is 6.10 Å². The molecule has 1 aromatic heterocycles. The normalized spacial score (nSPS) is 23.4. The number of hydrogen-bond donors (Lipinski definition) is 1. The van der Waals surface area contributed by atoms with Gasteiger partial charge in [-0.3, -0.25) is 4.79 Å². The minimum absolute atomic E-state index is 0.0562. The molecule has 0 spiro atoms. The lowest BCUT2D eigenvalue weighted by Gasteiger charge is -2.39. The van der Waals surface area contributed by atoms with E-state index < -0.39 is 0 Å². The van der Waals surface area contributed by atoms with Crippen molar-refractivity contribution in [1.82, 2.24) is 9.55 Å². The van der Waals surface area contributed by atoms with Crippen LogP contribution in [-0.4, -0.2) is 41.9 Å². The molecule has 0 aliphatic carbocycles. The van der Waals surface area contributed by atoms with Gasteiger partial charge in [0.2, 0.25) is 0 Å². The molecule has 6 heteroatoms. The highest BCUT2D eigenvalue weighted by atomic mass is 16.5. The van der Waals surface area contributed by atoms with Crippen molar-refractivity contribution < 1.29 is 4.74 Å². The van der Waals surface area contributed by atoms with Gasteiger partial charge in [0.15, 0.2) is 5.82 Å². The van der Waals surface area contributed by atoms with E-state index in [0.717, 1.165) is 19.4 Å². The molecule has 2 rings (SSSR count). The number of nitrogens with zero attached hydrogens (tertiary/aromatic N) is 3. The Morgan fingerprint density at radius 3 is 2.76 bits per heavy atom. The van der Waals surface area contributed by atoms with Gasteiger partial charge in [0.25, 0.3) is 5.56 Å². The number of ether oxygens (including phenoxy) is 1. The number of anilines is 1. The molecule has 1 aliphatic heterocycles. The van der Waals surface area contributed by atoms with Crippen molar-refractivity contribution in [1.29, 1.82) is 0 Å². The highest BCUT2D eigenvalue weighted by Gasteiger charge is 2.30. The molecule has 21 heavy (non-hydrogen) atoms. The summed E-state index contributed by atoms with van der Waals surface area (Å²) in [5, 5.41) is 0. The Hall–Kier alpha value is -1.40. The van der Waals surface area contributed by atoms with Gasteiger partial charge in [-0.15, -0.1) is 0 Å². The standard InChI is InChI=1S/C15H26N4O2/c1-15(2,3)19-8-6-17-13(14(19)20)18-7-5-12(21-4)9-11(18)10-16/h6,8,11-12H,5,7,9-10,16H2,1-4H3. The van der Waals surface area contributed by atoms with Crippen LogP contribution < -0.4 is 16.2 Å². The molecule has 1 aliphatic rings. The molecule has 0 radical (unpaired) electrons. The SMILES string of the molecule is COC1CCN(c2nccn(C(C)(C)C)c2=O)C(CN)C1. The van der Waals surface area contributed by atoms with E-state index in [2.05, 4.69) is 4.98 Å². The molecule has 0 aromatic carbocycles. The fourth-order valence-electron chi connectivity index (χ4n) is 2.86. The molecule has 1 aromatic rings. The topological polar surface area (TPSA) is 73.4 Å². The van der Waals surface area contributed by atoms with Crippen LogP contribution in [0.25, 0.3) is 0 Å². The average molecular weight is 294 g/mol. The summed E-state index contributed by atoms with van der Waals surface area (Å²) in [6, 6.07) is 0.0970. The quantitative estimate of drug-likeness (QED) is 0.898. The molecule has 118 valence electrons. The Kier molecular flexibility index (Phi) is 4.68. The second-order valence-electron chi connectivity index (χ2n) is 6.56. The van der Waals surface area contributed by atoms with Gasteiger partial charge >= 0.3 is 0 Å². The number of methoxy groups -OCH3 is 1. The summed E-state index contributed by atoms with van der Waals surface area (Å²) in [5.74, 6) is 0.498. The van der Waals surface area contributed by atoms with E-state index in [9.17, 15) is 4.79 Å². The minimum atomic E-state index is -0.266. The number of aromatic nitrogens is 2. The zero-order chi connectivity index (χ0) is 15.6. The van der Waals surface area contributed by atoms with Crippen LogP contribution in [0.1, 0.15) is 33.6 Å². The van der Waals surface area contributed by atoms with Crippen molar-refractivity contribution in [3.63, 3.8) is 0 Å². The third-order valence-electron chi connectivity index (χ3n) is 4.09. The van der Waals surface area contributed by atoms with E-state index in [1.807, 2.05) is 25.7 Å². The Morgan fingerprint density at radius 2 is 2.19 bits per heavy atom. The summed E-state index contributed by atoms with van der Waals surface area (Å²) in [7, 11) is 1.72. The molecule has 2 unspecified atom stereocenters. The molecule has 0 amide bonds. The van der Waals surface area contributed by atoms with Crippen molar-refractivity contribution in [3.8, 4) is 0 Å². The van der Waals surface area contributed by atoms with E-state index in [4.69, 9.17) is 10.5 Å². The maximum atomic E-state index is 12.7. The van der Waals surface area contributed by atoms with Gasteiger partial charge in [0.1, 0.15) is 0 Å². The third-order valence-corrected chi connectivity index (χ3v) is 4.09. The smallest absolute Gasteiger partial charge is 0.293 e. The summed E-state index contributed by atoms with van der Waals surface area (Å²) < 4.78 is 7.16. The number of nitrogens with two attached hydrogens (primary N) is 1. The van der Waals surface area contributed by atoms with Gasteiger partial charge in [-0.25, -0.2) is 4.98 Å². The predicted molar refractivity (Wildman–Crippen MR) is 83.7 cm³/mol. The van der Waals surface area contributed by atoms with Crippen LogP contribution in [-0.2, 0) is 10.3 Å². The van der Waals surface area contributed by atoms with Gasteiger partial charge < -0.3 is 19.9 Å². The summed E-state index contributed by atoms with van der Waals surface area (Å²) in [6.07, 6.45) is 5.36. The van der Waals surface area contributed by atoms with Crippen LogP contribution in [0.5, 0.6) is 0 Å². The van der Waals surface area contributed by atoms with Crippen LogP contribution in [0.15, 0.2) is 17.2 Å². The van der Waals surface area contributed by atoms with Crippen LogP contribution in [0, 0.1) is 0 Å². The zero-order valence-corrected chi connectivity index (χ0v) is 13.4. The average Bonchev–Trinajstić information content (AvgIpc) is 2.45. The lowest BCUT2D eigenvalue weighted by Crippen LogP contribution is -2.51. The van der Waals surface area contributed by atoms with Gasteiger partial charge in [-0.1, -0.05) is 0 Å². The summed E-state index contributed by atoms with van der Waals surface area (Å²) in [5.41, 5.74) is 5.57. The molecule has 1 saturated heterocycles. The lowest BCUT2D eigenvalue weighted by atomic mass is 9.99. The van der Waals surface area contributed by atoms with Crippen molar-refractivity contribution >= 4 is 5.82 Å². The maximum absolute atomic E-state index is 12.7. The van der Waals surface area contributed by atoms with Crippen LogP contribution in [0.3, 0.4) is 0 Å². The monoisotopic (exact) mass is 294 g/mol. The van der Waals surface area contributed by atoms with Crippen LogP contribution >= 0.6 is 0 Å². The summed E-state index contributed by atoms with van der Waals surface area (Å²) in [4.78, 5) is 19.1. The first-order chi connectivity index (χ1) is 9.88. The maximum Gasteiger partial charge on any atom is 0.293 e. The van der Waals surface area contributed by atoms with E-state index in [-0.39, 0.29) is 23.2 Å². The summed E-state index contributed by atoms with van der Waals surface area (Å²) in [6.45, 7) is 7.27. The molecule has 2 heterocycles. The van der Waals surface area contributed by atoms with E-state index in [0.29, 0.717) is 12.4 Å². The van der Waals surface area contributed by atoms with Crippen molar-refractivity contribution in [2.75, 3.05) is 25.1 Å². The predicted octanol–water partition coefficient (Wildman–Crippen LogP) is 0.941. The number of piperidine rings is 1. The minimum Gasteiger partial charge on any atom is -0.381 e. The fourth-order valence-corrected chi connectivity index (χ4v) is 2.86. The van der Waals surface area contributed by atoms with Crippen molar-refractivity contribution in [2.45, 2.75) is 51.3 Å². The molecular formula is C15H26N4O2. The highest BCUT2D eigenvalue weighted by molar-refractivity contribution is 5.38.